The molecule has 0 spiro atoms. The summed E-state index contributed by atoms with van der Waals surface area (Å²) < 4.78 is 2.18. The zero-order chi connectivity index (χ0) is 16.9. The Morgan fingerprint density at radius 3 is 3.00 bits per heavy atom. The second-order valence-electron chi connectivity index (χ2n) is 6.22. The number of urea groups is 1. The molecular weight excluding hydrogens is 304 g/mol. The highest BCUT2D eigenvalue weighted by atomic mass is 16.3. The van der Waals surface area contributed by atoms with Crippen LogP contribution in [0.4, 0.5) is 4.79 Å². The molecular formula is C18H24N4O2. The number of fused-ring (bicyclic) bond motifs is 1. The van der Waals surface area contributed by atoms with Gasteiger partial charge in [-0.25, -0.2) is 9.78 Å². The number of nitrogens with zero attached hydrogens (tertiary/aromatic N) is 2. The standard InChI is InChI=1S/C18H24N4O2/c1-13-20-16-5-2-3-6-17(16)22(13)10-4-9-19-18(24)21-15-8-7-14(11-15)12-23/h2-3,5-8,14-15,23H,4,9-12H2,1H3,(H2,19,21,24)/t14-,15+/m0/s1. The molecule has 0 radical (unpaired) electrons. The zero-order valence-electron chi connectivity index (χ0n) is 13.9. The Morgan fingerprint density at radius 1 is 1.38 bits per heavy atom. The number of hydrogen-bond acceptors (Lipinski definition) is 3. The highest BCUT2D eigenvalue weighted by molar-refractivity contribution is 5.76. The van der Waals surface area contributed by atoms with Crippen LogP contribution in [-0.4, -0.2) is 39.9 Å². The van der Waals surface area contributed by atoms with E-state index in [4.69, 9.17) is 5.11 Å². The van der Waals surface area contributed by atoms with Crippen molar-refractivity contribution in [3.63, 3.8) is 0 Å². The smallest absolute Gasteiger partial charge is 0.315 e. The van der Waals surface area contributed by atoms with Crippen LogP contribution in [0.1, 0.15) is 18.7 Å². The number of amides is 2. The largest absolute Gasteiger partial charge is 0.396 e. The van der Waals surface area contributed by atoms with Gasteiger partial charge < -0.3 is 20.3 Å². The van der Waals surface area contributed by atoms with Crippen LogP contribution in [0, 0.1) is 12.8 Å². The average Bonchev–Trinajstić information content (AvgIpc) is 3.15. The highest BCUT2D eigenvalue weighted by Gasteiger charge is 2.19. The number of aromatic nitrogens is 2. The molecule has 0 saturated heterocycles. The van der Waals surface area contributed by atoms with Gasteiger partial charge in [0.25, 0.3) is 0 Å². The first-order chi connectivity index (χ1) is 11.7. The summed E-state index contributed by atoms with van der Waals surface area (Å²) in [4.78, 5) is 16.4. The lowest BCUT2D eigenvalue weighted by molar-refractivity contribution is 0.231. The Labute approximate surface area is 141 Å². The monoisotopic (exact) mass is 328 g/mol. The number of carbonyl (C=O) groups is 1. The molecule has 1 aromatic heterocycles. The molecule has 0 unspecified atom stereocenters. The maximum Gasteiger partial charge on any atom is 0.315 e. The topological polar surface area (TPSA) is 79.2 Å². The van der Waals surface area contributed by atoms with Crippen molar-refractivity contribution in [2.24, 2.45) is 5.92 Å². The summed E-state index contributed by atoms with van der Waals surface area (Å²) in [5.74, 6) is 1.15. The first-order valence-electron chi connectivity index (χ1n) is 8.43. The molecule has 2 amide bonds. The quantitative estimate of drug-likeness (QED) is 0.560. The van der Waals surface area contributed by atoms with Gasteiger partial charge >= 0.3 is 6.03 Å². The fourth-order valence-electron chi connectivity index (χ4n) is 3.15. The van der Waals surface area contributed by atoms with Crippen LogP contribution in [0.5, 0.6) is 0 Å². The summed E-state index contributed by atoms with van der Waals surface area (Å²) in [6, 6.07) is 7.95. The normalized spacial score (nSPS) is 19.8. The van der Waals surface area contributed by atoms with Crippen molar-refractivity contribution in [3.8, 4) is 0 Å². The van der Waals surface area contributed by atoms with Gasteiger partial charge in [-0.3, -0.25) is 0 Å². The van der Waals surface area contributed by atoms with Crippen molar-refractivity contribution >= 4 is 17.1 Å². The number of aliphatic hydroxyl groups is 1. The van der Waals surface area contributed by atoms with Crippen LogP contribution >= 0.6 is 0 Å². The third-order valence-corrected chi connectivity index (χ3v) is 4.41. The fraction of sp³-hybridized carbons (Fsp3) is 0.444. The summed E-state index contributed by atoms with van der Waals surface area (Å²) in [7, 11) is 0. The number of aryl methyl sites for hydroxylation is 2. The average molecular weight is 328 g/mol. The predicted octanol–water partition coefficient (Wildman–Crippen LogP) is 1.97. The number of imidazole rings is 1. The summed E-state index contributed by atoms with van der Waals surface area (Å²) in [6.07, 6.45) is 5.51. The predicted molar refractivity (Wildman–Crippen MR) is 93.7 cm³/mol. The second-order valence-corrected chi connectivity index (χ2v) is 6.22. The Balaban J connectivity index is 1.43. The third-order valence-electron chi connectivity index (χ3n) is 4.41. The summed E-state index contributed by atoms with van der Waals surface area (Å²) in [5, 5.41) is 14.9. The highest BCUT2D eigenvalue weighted by Crippen LogP contribution is 2.17. The van der Waals surface area contributed by atoms with E-state index in [0.29, 0.717) is 6.54 Å². The number of nitrogens with one attached hydrogen (secondary N) is 2. The van der Waals surface area contributed by atoms with Crippen molar-refractivity contribution < 1.29 is 9.90 Å². The first kappa shape index (κ1) is 16.5. The lowest BCUT2D eigenvalue weighted by atomic mass is 10.1. The maximum absolute atomic E-state index is 11.9. The fourth-order valence-corrected chi connectivity index (χ4v) is 3.15. The van der Waals surface area contributed by atoms with Crippen LogP contribution in [0.25, 0.3) is 11.0 Å². The number of hydrogen-bond donors (Lipinski definition) is 3. The number of carbonyl (C=O) groups excluding carboxylic acids is 1. The Bertz CT molecular complexity index is 738. The minimum Gasteiger partial charge on any atom is -0.396 e. The van der Waals surface area contributed by atoms with Crippen LogP contribution in [0.15, 0.2) is 36.4 Å². The molecule has 6 nitrogen and oxygen atoms in total. The number of aliphatic hydroxyl groups excluding tert-OH is 1. The van der Waals surface area contributed by atoms with E-state index in [9.17, 15) is 4.79 Å². The summed E-state index contributed by atoms with van der Waals surface area (Å²) in [5.41, 5.74) is 2.14. The Hall–Kier alpha value is -2.34. The van der Waals surface area contributed by atoms with Crippen LogP contribution < -0.4 is 10.6 Å². The molecule has 0 saturated carbocycles. The molecule has 128 valence electrons. The molecule has 3 N–H and O–H groups in total. The van der Waals surface area contributed by atoms with Gasteiger partial charge in [0, 0.05) is 31.7 Å². The molecule has 0 fully saturated rings. The van der Waals surface area contributed by atoms with Gasteiger partial charge in [0.2, 0.25) is 0 Å². The maximum atomic E-state index is 11.9. The molecule has 1 aromatic carbocycles. The van der Waals surface area contributed by atoms with E-state index < -0.39 is 0 Å². The minimum absolute atomic E-state index is 0.0157. The molecule has 3 rings (SSSR count). The lowest BCUT2D eigenvalue weighted by Gasteiger charge is -2.14. The van der Waals surface area contributed by atoms with Gasteiger partial charge in [0.05, 0.1) is 11.0 Å². The third kappa shape index (κ3) is 3.76. The molecule has 24 heavy (non-hydrogen) atoms. The van der Waals surface area contributed by atoms with Crippen molar-refractivity contribution in [2.45, 2.75) is 32.4 Å². The van der Waals surface area contributed by atoms with Crippen LogP contribution in [0.2, 0.25) is 0 Å². The first-order valence-corrected chi connectivity index (χ1v) is 8.43. The summed E-state index contributed by atoms with van der Waals surface area (Å²) in [6.45, 7) is 3.57. The molecule has 2 atom stereocenters. The van der Waals surface area contributed by atoms with Gasteiger partial charge in [0.1, 0.15) is 5.82 Å². The van der Waals surface area contributed by atoms with Gasteiger partial charge in [-0.05, 0) is 31.9 Å². The van der Waals surface area contributed by atoms with E-state index in [1.165, 1.54) is 0 Å². The molecule has 6 heteroatoms. The van der Waals surface area contributed by atoms with Crippen LogP contribution in [0.3, 0.4) is 0 Å². The Kier molecular flexibility index (Phi) is 5.15. The molecule has 1 aliphatic rings. The molecule has 0 aliphatic heterocycles. The van der Waals surface area contributed by atoms with Crippen molar-refractivity contribution in [2.75, 3.05) is 13.2 Å². The SMILES string of the molecule is Cc1nc2ccccc2n1CCCNC(=O)N[C@@H]1C=C[C@H](CO)C1. The van der Waals surface area contributed by atoms with Gasteiger partial charge in [-0.2, -0.15) is 0 Å². The molecule has 1 heterocycles. The molecule has 0 bridgehead atoms. The van der Waals surface area contributed by atoms with E-state index in [-0.39, 0.29) is 24.6 Å². The van der Waals surface area contributed by atoms with E-state index in [1.807, 2.05) is 37.3 Å². The van der Waals surface area contributed by atoms with Gasteiger partial charge in [-0.15, -0.1) is 0 Å². The number of benzene rings is 1. The number of rotatable bonds is 6. The Morgan fingerprint density at radius 2 is 2.21 bits per heavy atom. The van der Waals surface area contributed by atoms with Crippen LogP contribution in [-0.2, 0) is 6.54 Å². The minimum atomic E-state index is -0.157. The van der Waals surface area contributed by atoms with Crippen molar-refractivity contribution in [3.05, 3.63) is 42.2 Å². The van der Waals surface area contributed by atoms with E-state index in [0.717, 1.165) is 36.2 Å². The lowest BCUT2D eigenvalue weighted by Crippen LogP contribution is -2.41. The van der Waals surface area contributed by atoms with Crippen molar-refractivity contribution in [1.29, 1.82) is 0 Å². The number of para-hydroxylation sites is 2. The van der Waals surface area contributed by atoms with E-state index in [2.05, 4.69) is 26.3 Å². The van der Waals surface area contributed by atoms with Gasteiger partial charge in [-0.1, -0.05) is 24.3 Å². The van der Waals surface area contributed by atoms with Crippen molar-refractivity contribution in [1.82, 2.24) is 20.2 Å². The molecule has 1 aliphatic carbocycles. The van der Waals surface area contributed by atoms with Gasteiger partial charge in [0.15, 0.2) is 0 Å². The second kappa shape index (κ2) is 7.49. The van der Waals surface area contributed by atoms with E-state index >= 15 is 0 Å². The summed E-state index contributed by atoms with van der Waals surface area (Å²) >= 11 is 0. The molecule has 2 aromatic rings. The zero-order valence-corrected chi connectivity index (χ0v) is 13.9. The van der Waals surface area contributed by atoms with E-state index in [1.54, 1.807) is 0 Å².